The van der Waals surface area contributed by atoms with Gasteiger partial charge in [-0.3, -0.25) is 4.79 Å². The summed E-state index contributed by atoms with van der Waals surface area (Å²) in [5, 5.41) is 0. The molecule has 0 radical (unpaired) electrons. The molecule has 1 fully saturated rings. The SMILES string of the molecule is CN1CCN(c2ccc(-c3cnc(N)c(-c4ccc(C(N)=O)s4)n3)cc2)CC1. The second-order valence-electron chi connectivity index (χ2n) is 6.85. The van der Waals surface area contributed by atoms with Crippen molar-refractivity contribution in [3.8, 4) is 21.8 Å². The minimum atomic E-state index is -0.460. The van der Waals surface area contributed by atoms with E-state index in [2.05, 4.69) is 51.1 Å². The predicted molar refractivity (Wildman–Crippen MR) is 113 cm³/mol. The van der Waals surface area contributed by atoms with Crippen molar-refractivity contribution in [3.63, 3.8) is 0 Å². The van der Waals surface area contributed by atoms with Gasteiger partial charge in [-0.05, 0) is 31.3 Å². The van der Waals surface area contributed by atoms with E-state index in [1.807, 2.05) is 0 Å². The third-order valence-corrected chi connectivity index (χ3v) is 6.02. The fourth-order valence-electron chi connectivity index (χ4n) is 3.22. The normalized spacial score (nSPS) is 15.0. The number of likely N-dealkylation sites (N-methyl/N-ethyl adjacent to an activating group) is 1. The number of hydrogen-bond donors (Lipinski definition) is 2. The van der Waals surface area contributed by atoms with Gasteiger partial charge in [0.2, 0.25) is 0 Å². The molecule has 4 N–H and O–H groups in total. The van der Waals surface area contributed by atoms with Gasteiger partial charge in [0.1, 0.15) is 5.69 Å². The highest BCUT2D eigenvalue weighted by atomic mass is 32.1. The van der Waals surface area contributed by atoms with Gasteiger partial charge >= 0.3 is 0 Å². The minimum absolute atomic E-state index is 0.329. The number of amides is 1. The maximum Gasteiger partial charge on any atom is 0.258 e. The van der Waals surface area contributed by atoms with Gasteiger partial charge in [0.25, 0.3) is 5.91 Å². The molecule has 0 saturated carbocycles. The smallest absolute Gasteiger partial charge is 0.258 e. The molecule has 1 aliphatic rings. The van der Waals surface area contributed by atoms with Crippen molar-refractivity contribution in [2.75, 3.05) is 43.9 Å². The number of carbonyl (C=O) groups is 1. The van der Waals surface area contributed by atoms with Gasteiger partial charge in [-0.2, -0.15) is 0 Å². The van der Waals surface area contributed by atoms with E-state index in [9.17, 15) is 4.79 Å². The number of piperazine rings is 1. The quantitative estimate of drug-likeness (QED) is 0.704. The van der Waals surface area contributed by atoms with E-state index < -0.39 is 5.91 Å². The van der Waals surface area contributed by atoms with E-state index in [0.29, 0.717) is 16.4 Å². The summed E-state index contributed by atoms with van der Waals surface area (Å²) in [6.07, 6.45) is 1.67. The van der Waals surface area contributed by atoms with Gasteiger partial charge in [-0.1, -0.05) is 12.1 Å². The summed E-state index contributed by atoms with van der Waals surface area (Å²) in [5.74, 6) is -0.130. The Morgan fingerprint density at radius 3 is 2.43 bits per heavy atom. The van der Waals surface area contributed by atoms with E-state index in [-0.39, 0.29) is 0 Å². The second kappa shape index (κ2) is 7.57. The number of primary amides is 1. The van der Waals surface area contributed by atoms with Crippen LogP contribution in [0.3, 0.4) is 0 Å². The van der Waals surface area contributed by atoms with E-state index in [1.165, 1.54) is 17.0 Å². The molecular weight excluding hydrogens is 372 g/mol. The molecule has 7 nitrogen and oxygen atoms in total. The lowest BCUT2D eigenvalue weighted by atomic mass is 10.1. The molecule has 0 aliphatic carbocycles. The third kappa shape index (κ3) is 3.69. The van der Waals surface area contributed by atoms with Crippen LogP contribution in [0, 0.1) is 0 Å². The van der Waals surface area contributed by atoms with Crippen LogP contribution < -0.4 is 16.4 Å². The molecule has 3 heterocycles. The number of nitrogen functional groups attached to an aromatic ring is 1. The van der Waals surface area contributed by atoms with Crippen LogP contribution in [0.1, 0.15) is 9.67 Å². The summed E-state index contributed by atoms with van der Waals surface area (Å²) in [4.78, 5) is 26.3. The van der Waals surface area contributed by atoms with E-state index in [1.54, 1.807) is 18.3 Å². The highest BCUT2D eigenvalue weighted by molar-refractivity contribution is 7.17. The molecule has 0 bridgehead atoms. The Morgan fingerprint density at radius 2 is 1.79 bits per heavy atom. The van der Waals surface area contributed by atoms with Crippen LogP contribution in [-0.4, -0.2) is 54.0 Å². The number of rotatable bonds is 4. The maximum absolute atomic E-state index is 11.4. The van der Waals surface area contributed by atoms with Gasteiger partial charge < -0.3 is 21.3 Å². The lowest BCUT2D eigenvalue weighted by molar-refractivity contribution is 0.100. The monoisotopic (exact) mass is 394 g/mol. The van der Waals surface area contributed by atoms with Crippen LogP contribution in [0.5, 0.6) is 0 Å². The first kappa shape index (κ1) is 18.4. The molecule has 28 heavy (non-hydrogen) atoms. The molecule has 2 aromatic heterocycles. The molecule has 4 rings (SSSR count). The molecule has 144 valence electrons. The minimum Gasteiger partial charge on any atom is -0.382 e. The highest BCUT2D eigenvalue weighted by Gasteiger charge is 2.16. The van der Waals surface area contributed by atoms with Gasteiger partial charge in [0, 0.05) is 37.4 Å². The molecule has 8 heteroatoms. The fourth-order valence-corrected chi connectivity index (χ4v) is 4.08. The average Bonchev–Trinajstić information content (AvgIpc) is 3.20. The lowest BCUT2D eigenvalue weighted by Gasteiger charge is -2.34. The molecule has 3 aromatic rings. The number of carbonyl (C=O) groups excluding carboxylic acids is 1. The average molecular weight is 395 g/mol. The van der Waals surface area contributed by atoms with E-state index >= 15 is 0 Å². The van der Waals surface area contributed by atoms with Crippen LogP contribution in [-0.2, 0) is 0 Å². The summed E-state index contributed by atoms with van der Waals surface area (Å²) >= 11 is 1.27. The van der Waals surface area contributed by atoms with Crippen molar-refractivity contribution < 1.29 is 4.79 Å². The second-order valence-corrected chi connectivity index (χ2v) is 7.94. The van der Waals surface area contributed by atoms with Crippen molar-refractivity contribution in [1.29, 1.82) is 0 Å². The first-order chi connectivity index (χ1) is 13.5. The molecule has 0 unspecified atom stereocenters. The summed E-state index contributed by atoms with van der Waals surface area (Å²) in [6, 6.07) is 11.8. The Morgan fingerprint density at radius 1 is 1.07 bits per heavy atom. The van der Waals surface area contributed by atoms with Gasteiger partial charge in [-0.15, -0.1) is 11.3 Å². The number of hydrogen-bond acceptors (Lipinski definition) is 7. The highest BCUT2D eigenvalue weighted by Crippen LogP contribution is 2.32. The standard InChI is InChI=1S/C20H22N6OS/c1-25-8-10-26(11-9-25)14-4-2-13(3-5-14)15-12-23-19(21)18(24-15)16-6-7-17(28-16)20(22)27/h2-7,12H,8-11H2,1H3,(H2,21,23)(H2,22,27). The van der Waals surface area contributed by atoms with Crippen LogP contribution >= 0.6 is 11.3 Å². The van der Waals surface area contributed by atoms with Crippen molar-refractivity contribution >= 4 is 28.7 Å². The largest absolute Gasteiger partial charge is 0.382 e. The zero-order chi connectivity index (χ0) is 19.7. The molecule has 0 atom stereocenters. The number of nitrogens with zero attached hydrogens (tertiary/aromatic N) is 4. The Balaban J connectivity index is 1.60. The fraction of sp³-hybridized carbons (Fsp3) is 0.250. The molecule has 1 saturated heterocycles. The zero-order valence-electron chi connectivity index (χ0n) is 15.6. The van der Waals surface area contributed by atoms with Crippen LogP contribution in [0.15, 0.2) is 42.6 Å². The maximum atomic E-state index is 11.4. The Bertz CT molecular complexity index is 992. The van der Waals surface area contributed by atoms with E-state index in [4.69, 9.17) is 11.5 Å². The molecule has 1 amide bonds. The third-order valence-electron chi connectivity index (χ3n) is 4.91. The number of benzene rings is 1. The van der Waals surface area contributed by atoms with Crippen molar-refractivity contribution in [3.05, 3.63) is 47.5 Å². The van der Waals surface area contributed by atoms with Gasteiger partial charge in [-0.25, -0.2) is 9.97 Å². The Kier molecular flexibility index (Phi) is 4.97. The molecular formula is C20H22N6OS. The lowest BCUT2D eigenvalue weighted by Crippen LogP contribution is -2.44. The van der Waals surface area contributed by atoms with Gasteiger partial charge in [0.05, 0.1) is 21.6 Å². The number of thiophene rings is 1. The number of nitrogens with two attached hydrogens (primary N) is 2. The number of aromatic nitrogens is 2. The van der Waals surface area contributed by atoms with E-state index in [0.717, 1.165) is 42.3 Å². The summed E-state index contributed by atoms with van der Waals surface area (Å²) in [5.41, 5.74) is 14.9. The summed E-state index contributed by atoms with van der Waals surface area (Å²) < 4.78 is 0. The van der Waals surface area contributed by atoms with Crippen LogP contribution in [0.2, 0.25) is 0 Å². The predicted octanol–water partition coefficient (Wildman–Crippen LogP) is 2.31. The Labute approximate surface area is 167 Å². The summed E-state index contributed by atoms with van der Waals surface area (Å²) in [6.45, 7) is 4.20. The topological polar surface area (TPSA) is 101 Å². The first-order valence-corrected chi connectivity index (χ1v) is 9.89. The molecule has 0 spiro atoms. The number of anilines is 2. The molecule has 1 aromatic carbocycles. The summed E-state index contributed by atoms with van der Waals surface area (Å²) in [7, 11) is 2.15. The van der Waals surface area contributed by atoms with Crippen LogP contribution in [0.4, 0.5) is 11.5 Å². The zero-order valence-corrected chi connectivity index (χ0v) is 16.4. The first-order valence-electron chi connectivity index (χ1n) is 9.08. The van der Waals surface area contributed by atoms with Gasteiger partial charge in [0.15, 0.2) is 5.82 Å². The van der Waals surface area contributed by atoms with Crippen molar-refractivity contribution in [2.45, 2.75) is 0 Å². The molecule has 1 aliphatic heterocycles. The Hall–Kier alpha value is -2.97. The van der Waals surface area contributed by atoms with Crippen molar-refractivity contribution in [1.82, 2.24) is 14.9 Å². The van der Waals surface area contributed by atoms with Crippen molar-refractivity contribution in [2.24, 2.45) is 5.73 Å². The van der Waals surface area contributed by atoms with Crippen LogP contribution in [0.25, 0.3) is 21.8 Å².